The Morgan fingerprint density at radius 1 is 0.854 bits per heavy atom. The second-order valence-corrected chi connectivity index (χ2v) is 12.3. The molecule has 8 nitrogen and oxygen atoms in total. The number of esters is 1. The molecule has 0 aliphatic heterocycles. The zero-order valence-corrected chi connectivity index (χ0v) is 24.5. The highest BCUT2D eigenvalue weighted by Crippen LogP contribution is 2.49. The maximum atomic E-state index is 13.5. The van der Waals surface area contributed by atoms with Crippen LogP contribution in [0.3, 0.4) is 0 Å². The Kier molecular flexibility index (Phi) is 8.34. The summed E-state index contributed by atoms with van der Waals surface area (Å²) in [4.78, 5) is 40.0. The molecule has 0 heterocycles. The normalized spacial score (nSPS) is 18.5. The van der Waals surface area contributed by atoms with E-state index in [-0.39, 0.29) is 83.6 Å². The Bertz CT molecular complexity index is 1390. The molecule has 0 bridgehead atoms. The number of aliphatic hydroxyl groups excluding tert-OH is 2. The highest BCUT2D eigenvalue weighted by molar-refractivity contribution is 6.05. The molecule has 0 amide bonds. The van der Waals surface area contributed by atoms with E-state index in [1.165, 1.54) is 13.2 Å². The van der Waals surface area contributed by atoms with Crippen molar-refractivity contribution in [2.45, 2.75) is 66.2 Å². The molecule has 2 aliphatic carbocycles. The first-order valence-corrected chi connectivity index (χ1v) is 13.8. The van der Waals surface area contributed by atoms with Crippen LogP contribution in [-0.4, -0.2) is 41.5 Å². The van der Waals surface area contributed by atoms with E-state index >= 15 is 0 Å². The molecule has 218 valence electrons. The number of hydrogen-bond acceptors (Lipinski definition) is 8. The molecule has 2 aromatic carbocycles. The number of methoxy groups -OCH3 is 1. The third-order valence-corrected chi connectivity index (χ3v) is 7.48. The highest BCUT2D eigenvalue weighted by Gasteiger charge is 2.44. The van der Waals surface area contributed by atoms with Crippen LogP contribution in [0.25, 0.3) is 0 Å². The summed E-state index contributed by atoms with van der Waals surface area (Å²) in [7, 11) is 1.50. The monoisotopic (exact) mass is 562 g/mol. The molecule has 2 N–H and O–H groups in total. The van der Waals surface area contributed by atoms with Crippen LogP contribution < -0.4 is 14.2 Å². The molecule has 0 saturated heterocycles. The van der Waals surface area contributed by atoms with Gasteiger partial charge in [0.2, 0.25) is 0 Å². The van der Waals surface area contributed by atoms with Gasteiger partial charge in [-0.25, -0.2) is 4.79 Å². The highest BCUT2D eigenvalue weighted by atomic mass is 16.6. The van der Waals surface area contributed by atoms with E-state index in [2.05, 4.69) is 0 Å². The van der Waals surface area contributed by atoms with Gasteiger partial charge < -0.3 is 24.4 Å². The van der Waals surface area contributed by atoms with Crippen LogP contribution in [0.2, 0.25) is 0 Å². The Hall–Kier alpha value is -4.07. The average Bonchev–Trinajstić information content (AvgIpc) is 2.86. The van der Waals surface area contributed by atoms with Crippen LogP contribution in [0, 0.1) is 10.8 Å². The molecule has 0 unspecified atom stereocenters. The third-order valence-electron chi connectivity index (χ3n) is 7.48. The molecule has 0 aromatic heterocycles. The van der Waals surface area contributed by atoms with Gasteiger partial charge in [-0.05, 0) is 53.6 Å². The molecule has 0 fully saturated rings. The van der Waals surface area contributed by atoms with Gasteiger partial charge in [-0.1, -0.05) is 39.8 Å². The Morgan fingerprint density at radius 2 is 1.44 bits per heavy atom. The largest absolute Gasteiger partial charge is 0.512 e. The number of aliphatic hydroxyl groups is 2. The number of Topliss-reactive ketones (excluding diaryl/α,β-unsaturated/α-hetero) is 2. The first kappa shape index (κ1) is 29.9. The van der Waals surface area contributed by atoms with E-state index in [0.29, 0.717) is 11.3 Å². The van der Waals surface area contributed by atoms with E-state index in [4.69, 9.17) is 14.2 Å². The fraction of sp³-hybridized carbons (Fsp3) is 0.424. The number of benzene rings is 2. The molecular formula is C33H38O8. The predicted octanol–water partition coefficient (Wildman–Crippen LogP) is 6.80. The lowest BCUT2D eigenvalue weighted by molar-refractivity contribution is -0.119. The van der Waals surface area contributed by atoms with Crippen LogP contribution in [0.5, 0.6) is 17.2 Å². The lowest BCUT2D eigenvalue weighted by atomic mass is 9.67. The van der Waals surface area contributed by atoms with Crippen molar-refractivity contribution in [1.29, 1.82) is 0 Å². The molecule has 8 heteroatoms. The summed E-state index contributed by atoms with van der Waals surface area (Å²) < 4.78 is 16.7. The van der Waals surface area contributed by atoms with Gasteiger partial charge in [-0.2, -0.15) is 0 Å². The summed E-state index contributed by atoms with van der Waals surface area (Å²) in [5.74, 6) is -1.52. The average molecular weight is 563 g/mol. The second kappa shape index (κ2) is 11.4. The SMILES string of the molecule is CCOc1cc(C(C2=C(O)CC(C)(C)CC2=O)C2=C(O)CC(C)(C)CC2=O)ccc1OC(=O)c1cccc(OC)c1. The minimum atomic E-state index is -1.01. The van der Waals surface area contributed by atoms with Crippen LogP contribution in [0.15, 0.2) is 65.1 Å². The molecule has 4 rings (SSSR count). The van der Waals surface area contributed by atoms with Gasteiger partial charge in [-0.3, -0.25) is 9.59 Å². The summed E-state index contributed by atoms with van der Waals surface area (Å²) in [5, 5.41) is 22.3. The van der Waals surface area contributed by atoms with Crippen molar-refractivity contribution in [2.75, 3.05) is 13.7 Å². The summed E-state index contributed by atoms with van der Waals surface area (Å²) >= 11 is 0. The Morgan fingerprint density at radius 3 is 1.95 bits per heavy atom. The Balaban J connectivity index is 1.83. The second-order valence-electron chi connectivity index (χ2n) is 12.3. The van der Waals surface area contributed by atoms with Crippen LogP contribution >= 0.6 is 0 Å². The van der Waals surface area contributed by atoms with Crippen molar-refractivity contribution in [1.82, 2.24) is 0 Å². The quantitative estimate of drug-likeness (QED) is 0.266. The van der Waals surface area contributed by atoms with Gasteiger partial charge in [-0.15, -0.1) is 0 Å². The number of ether oxygens (including phenoxy) is 3. The van der Waals surface area contributed by atoms with Gasteiger partial charge in [0.1, 0.15) is 17.3 Å². The number of ketones is 2. The van der Waals surface area contributed by atoms with Crippen molar-refractivity contribution in [2.24, 2.45) is 10.8 Å². The number of hydrogen-bond donors (Lipinski definition) is 2. The van der Waals surface area contributed by atoms with Gasteiger partial charge in [0.05, 0.1) is 19.3 Å². The van der Waals surface area contributed by atoms with E-state index in [1.54, 1.807) is 43.3 Å². The minimum Gasteiger partial charge on any atom is -0.512 e. The van der Waals surface area contributed by atoms with Crippen molar-refractivity contribution in [3.8, 4) is 17.2 Å². The number of rotatable bonds is 8. The molecule has 0 radical (unpaired) electrons. The summed E-state index contributed by atoms with van der Waals surface area (Å²) in [6, 6.07) is 11.3. The standard InChI is InChI=1S/C33H38O8/c1-7-40-27-14-19(11-12-26(27)41-31(38)20-9-8-10-21(13-20)39-6)28(29-22(34)15-32(2,3)16-23(29)35)30-24(36)17-33(4,5)18-25(30)37/h8-14,28,34,36H,7,15-18H2,1-6H3. The molecule has 2 aliphatic rings. The lowest BCUT2D eigenvalue weighted by Crippen LogP contribution is -2.33. The lowest BCUT2D eigenvalue weighted by Gasteiger charge is -2.36. The molecular weight excluding hydrogens is 524 g/mol. The molecule has 0 atom stereocenters. The fourth-order valence-electron chi connectivity index (χ4n) is 5.70. The zero-order chi connectivity index (χ0) is 30.1. The van der Waals surface area contributed by atoms with Crippen LogP contribution in [0.1, 0.15) is 82.1 Å². The topological polar surface area (TPSA) is 119 Å². The maximum Gasteiger partial charge on any atom is 0.343 e. The van der Waals surface area contributed by atoms with Crippen molar-refractivity contribution in [3.05, 3.63) is 76.3 Å². The van der Waals surface area contributed by atoms with Crippen molar-refractivity contribution in [3.63, 3.8) is 0 Å². The first-order chi connectivity index (χ1) is 19.2. The van der Waals surface area contributed by atoms with Crippen LogP contribution in [0.4, 0.5) is 0 Å². The predicted molar refractivity (Wildman–Crippen MR) is 154 cm³/mol. The van der Waals surface area contributed by atoms with E-state index in [0.717, 1.165) is 0 Å². The maximum absolute atomic E-state index is 13.5. The van der Waals surface area contributed by atoms with Gasteiger partial charge in [0.15, 0.2) is 23.1 Å². The summed E-state index contributed by atoms with van der Waals surface area (Å²) in [5.41, 5.74) is 0.0474. The van der Waals surface area contributed by atoms with Gasteiger partial charge in [0, 0.05) is 42.7 Å². The fourth-order valence-corrected chi connectivity index (χ4v) is 5.70. The molecule has 41 heavy (non-hydrogen) atoms. The van der Waals surface area contributed by atoms with Crippen molar-refractivity contribution < 1.29 is 38.8 Å². The van der Waals surface area contributed by atoms with Crippen molar-refractivity contribution >= 4 is 17.5 Å². The smallest absolute Gasteiger partial charge is 0.343 e. The molecule has 0 saturated carbocycles. The first-order valence-electron chi connectivity index (χ1n) is 13.8. The van der Waals surface area contributed by atoms with Gasteiger partial charge in [0.25, 0.3) is 0 Å². The number of carbonyl (C=O) groups is 3. The van der Waals surface area contributed by atoms with E-state index in [1.807, 2.05) is 27.7 Å². The van der Waals surface area contributed by atoms with E-state index < -0.39 is 22.7 Å². The summed E-state index contributed by atoms with van der Waals surface area (Å²) in [6.07, 6.45) is 0.885. The van der Waals surface area contributed by atoms with E-state index in [9.17, 15) is 24.6 Å². The van der Waals surface area contributed by atoms with Gasteiger partial charge >= 0.3 is 5.97 Å². The number of carbonyl (C=O) groups excluding carboxylic acids is 3. The Labute approximate surface area is 240 Å². The number of allylic oxidation sites excluding steroid dienone is 4. The third kappa shape index (κ3) is 6.47. The summed E-state index contributed by atoms with van der Waals surface area (Å²) in [6.45, 7) is 9.63. The van der Waals surface area contributed by atoms with Crippen LogP contribution in [-0.2, 0) is 9.59 Å². The minimum absolute atomic E-state index is 0.0966. The molecule has 2 aromatic rings. The zero-order valence-electron chi connectivity index (χ0n) is 24.5. The molecule has 0 spiro atoms.